The Morgan fingerprint density at radius 2 is 1.97 bits per heavy atom. The van der Waals surface area contributed by atoms with Gasteiger partial charge in [0.15, 0.2) is 5.65 Å². The zero-order valence-electron chi connectivity index (χ0n) is 17.6. The van der Waals surface area contributed by atoms with Crippen molar-refractivity contribution in [1.29, 1.82) is 0 Å². The predicted octanol–water partition coefficient (Wildman–Crippen LogP) is 4.87. The van der Waals surface area contributed by atoms with Crippen LogP contribution < -0.4 is 4.74 Å². The number of aromatic nitrogens is 5. The molecule has 1 aliphatic heterocycles. The molecule has 1 aromatic carbocycles. The maximum absolute atomic E-state index is 12.5. The van der Waals surface area contributed by atoms with E-state index in [0.29, 0.717) is 11.6 Å². The lowest BCUT2D eigenvalue weighted by Gasteiger charge is -2.23. The highest BCUT2D eigenvalue weighted by atomic mass is 19.3. The first-order valence-electron chi connectivity index (χ1n) is 10.7. The summed E-state index contributed by atoms with van der Waals surface area (Å²) in [6.07, 6.45) is 4.45. The number of hydrogen-bond acceptors (Lipinski definition) is 5. The first-order chi connectivity index (χ1) is 15.6. The van der Waals surface area contributed by atoms with Crippen LogP contribution >= 0.6 is 0 Å². The number of fused-ring (bicyclic) bond motifs is 1. The Hall–Kier alpha value is -3.33. The molecule has 7 nitrogen and oxygen atoms in total. The quantitative estimate of drug-likeness (QED) is 0.464. The predicted molar refractivity (Wildman–Crippen MR) is 115 cm³/mol. The van der Waals surface area contributed by atoms with E-state index < -0.39 is 6.61 Å². The molecule has 0 aliphatic carbocycles. The normalized spacial score (nSPS) is 15.0. The summed E-state index contributed by atoms with van der Waals surface area (Å²) >= 11 is 0. The van der Waals surface area contributed by atoms with Gasteiger partial charge in [0.2, 0.25) is 0 Å². The number of nitrogens with one attached hydrogen (secondary N) is 1. The van der Waals surface area contributed by atoms with Crippen molar-refractivity contribution in [3.63, 3.8) is 0 Å². The fraction of sp³-hybridized carbons (Fsp3) is 0.348. The summed E-state index contributed by atoms with van der Waals surface area (Å²) in [5.41, 5.74) is 5.28. The topological polar surface area (TPSA) is 77.9 Å². The smallest absolute Gasteiger partial charge is 0.387 e. The molecule has 0 atom stereocenters. The minimum atomic E-state index is -2.86. The molecule has 0 amide bonds. The average Bonchev–Trinajstić information content (AvgIpc) is 3.46. The van der Waals surface area contributed by atoms with Crippen molar-refractivity contribution >= 4 is 11.0 Å². The number of aromatic amines is 1. The summed E-state index contributed by atoms with van der Waals surface area (Å²) in [4.78, 5) is 4.83. The number of H-pyrrole nitrogens is 1. The van der Waals surface area contributed by atoms with Crippen LogP contribution in [0.1, 0.15) is 36.9 Å². The highest BCUT2D eigenvalue weighted by Crippen LogP contribution is 2.36. The van der Waals surface area contributed by atoms with Gasteiger partial charge in [-0.05, 0) is 67.1 Å². The second-order valence-electron chi connectivity index (χ2n) is 7.74. The van der Waals surface area contributed by atoms with Crippen molar-refractivity contribution < 1.29 is 18.3 Å². The van der Waals surface area contributed by atoms with Crippen molar-refractivity contribution in [1.82, 2.24) is 25.0 Å². The Morgan fingerprint density at radius 3 is 2.69 bits per heavy atom. The molecule has 3 aromatic heterocycles. The molecule has 1 saturated heterocycles. The molecule has 32 heavy (non-hydrogen) atoms. The molecule has 0 spiro atoms. The maximum Gasteiger partial charge on any atom is 0.387 e. The number of hydrogen-bond donors (Lipinski definition) is 1. The number of benzene rings is 1. The van der Waals surface area contributed by atoms with Crippen LogP contribution in [0.5, 0.6) is 5.75 Å². The van der Waals surface area contributed by atoms with Crippen molar-refractivity contribution in [2.45, 2.75) is 38.7 Å². The SMILES string of the molecule is CCc1[nH]nc2nc(-c3ccnn3-c3ccc(OC(F)F)cc3)cc(C3CCOCC3)c12. The first kappa shape index (κ1) is 20.6. The zero-order chi connectivity index (χ0) is 22.1. The van der Waals surface area contributed by atoms with Crippen LogP contribution in [0.3, 0.4) is 0 Å². The molecular weight excluding hydrogens is 416 g/mol. The number of aryl methyl sites for hydroxylation is 1. The van der Waals surface area contributed by atoms with Gasteiger partial charge in [0.25, 0.3) is 0 Å². The monoisotopic (exact) mass is 439 g/mol. The third-order valence-corrected chi connectivity index (χ3v) is 5.86. The van der Waals surface area contributed by atoms with Crippen molar-refractivity contribution in [2.75, 3.05) is 13.2 Å². The van der Waals surface area contributed by atoms with Gasteiger partial charge in [0.1, 0.15) is 5.75 Å². The molecule has 9 heteroatoms. The van der Waals surface area contributed by atoms with Gasteiger partial charge in [0.05, 0.1) is 23.3 Å². The van der Waals surface area contributed by atoms with E-state index in [0.717, 1.165) is 60.6 Å². The highest BCUT2D eigenvalue weighted by Gasteiger charge is 2.23. The van der Waals surface area contributed by atoms with Gasteiger partial charge in [-0.2, -0.15) is 19.0 Å². The number of nitrogens with zero attached hydrogens (tertiary/aromatic N) is 4. The average molecular weight is 439 g/mol. The van der Waals surface area contributed by atoms with Crippen molar-refractivity contribution in [3.8, 4) is 22.8 Å². The molecule has 5 rings (SSSR count). The van der Waals surface area contributed by atoms with Crippen LogP contribution in [0.15, 0.2) is 42.6 Å². The van der Waals surface area contributed by atoms with E-state index in [2.05, 4.69) is 33.0 Å². The summed E-state index contributed by atoms with van der Waals surface area (Å²) in [5, 5.41) is 13.2. The summed E-state index contributed by atoms with van der Waals surface area (Å²) < 4.78 is 36.7. The molecule has 1 aliphatic rings. The van der Waals surface area contributed by atoms with E-state index in [9.17, 15) is 8.78 Å². The minimum Gasteiger partial charge on any atom is -0.435 e. The molecular formula is C23H23F2N5O2. The standard InChI is InChI=1S/C23H23F2N5O2/c1-2-18-21-17(14-8-11-31-12-9-14)13-19(27-22(21)29-28-18)20-7-10-26-30(20)15-3-5-16(6-4-15)32-23(24)25/h3-7,10,13-14,23H,2,8-9,11-12H2,1H3,(H,27,28,29). The Kier molecular flexibility index (Phi) is 5.57. The van der Waals surface area contributed by atoms with Gasteiger partial charge >= 0.3 is 6.61 Å². The van der Waals surface area contributed by atoms with E-state index in [-0.39, 0.29) is 5.75 Å². The molecule has 166 valence electrons. The number of halogens is 2. The minimum absolute atomic E-state index is 0.0995. The van der Waals surface area contributed by atoms with Crippen molar-refractivity contribution in [2.24, 2.45) is 0 Å². The van der Waals surface area contributed by atoms with Gasteiger partial charge in [0, 0.05) is 24.3 Å². The second kappa shape index (κ2) is 8.66. The van der Waals surface area contributed by atoms with E-state index in [1.54, 1.807) is 23.0 Å². The van der Waals surface area contributed by atoms with Crippen LogP contribution in [-0.2, 0) is 11.2 Å². The van der Waals surface area contributed by atoms with Crippen molar-refractivity contribution in [3.05, 3.63) is 53.9 Å². The third kappa shape index (κ3) is 3.84. The number of alkyl halides is 2. The van der Waals surface area contributed by atoms with Crippen LogP contribution in [0.2, 0.25) is 0 Å². The van der Waals surface area contributed by atoms with E-state index in [4.69, 9.17) is 9.72 Å². The molecule has 4 aromatic rings. The molecule has 1 N–H and O–H groups in total. The fourth-order valence-electron chi connectivity index (χ4n) is 4.31. The molecule has 0 unspecified atom stereocenters. The van der Waals surface area contributed by atoms with E-state index >= 15 is 0 Å². The lowest BCUT2D eigenvalue weighted by atomic mass is 9.88. The van der Waals surface area contributed by atoms with Gasteiger partial charge in [-0.1, -0.05) is 6.92 Å². The summed E-state index contributed by atoms with van der Waals surface area (Å²) in [6, 6.07) is 10.4. The largest absolute Gasteiger partial charge is 0.435 e. The summed E-state index contributed by atoms with van der Waals surface area (Å²) in [5.74, 6) is 0.473. The summed E-state index contributed by atoms with van der Waals surface area (Å²) in [6.45, 7) is 0.732. The molecule has 0 bridgehead atoms. The van der Waals surface area contributed by atoms with Gasteiger partial charge in [-0.25, -0.2) is 9.67 Å². The van der Waals surface area contributed by atoms with Crippen LogP contribution in [0.4, 0.5) is 8.78 Å². The van der Waals surface area contributed by atoms with Gasteiger partial charge in [-0.3, -0.25) is 5.10 Å². The molecule has 1 fully saturated rings. The Morgan fingerprint density at radius 1 is 1.19 bits per heavy atom. The highest BCUT2D eigenvalue weighted by molar-refractivity contribution is 5.85. The van der Waals surface area contributed by atoms with E-state index in [1.165, 1.54) is 17.7 Å². The Balaban J connectivity index is 1.58. The second-order valence-corrected chi connectivity index (χ2v) is 7.74. The molecule has 4 heterocycles. The lowest BCUT2D eigenvalue weighted by molar-refractivity contribution is -0.0498. The van der Waals surface area contributed by atoms with E-state index in [1.807, 2.05) is 6.07 Å². The lowest BCUT2D eigenvalue weighted by Crippen LogP contribution is -2.15. The third-order valence-electron chi connectivity index (χ3n) is 5.86. The molecule has 0 saturated carbocycles. The zero-order valence-corrected chi connectivity index (χ0v) is 17.6. The van der Waals surface area contributed by atoms with Crippen LogP contribution in [0, 0.1) is 0 Å². The number of ether oxygens (including phenoxy) is 2. The maximum atomic E-state index is 12.5. The van der Waals surface area contributed by atoms with Crippen LogP contribution in [-0.4, -0.2) is 44.8 Å². The van der Waals surface area contributed by atoms with Crippen LogP contribution in [0.25, 0.3) is 28.1 Å². The number of rotatable bonds is 6. The Labute approximate surface area is 183 Å². The van der Waals surface area contributed by atoms with Gasteiger partial charge < -0.3 is 9.47 Å². The Bertz CT molecular complexity index is 1210. The van der Waals surface area contributed by atoms with Gasteiger partial charge in [-0.15, -0.1) is 0 Å². The number of pyridine rings is 1. The fourth-order valence-corrected chi connectivity index (χ4v) is 4.31. The molecule has 0 radical (unpaired) electrons. The summed E-state index contributed by atoms with van der Waals surface area (Å²) in [7, 11) is 0. The first-order valence-corrected chi connectivity index (χ1v) is 10.7.